The second-order valence-electron chi connectivity index (χ2n) is 9.37. The van der Waals surface area contributed by atoms with Crippen molar-refractivity contribution < 1.29 is 11.0 Å². The van der Waals surface area contributed by atoms with Gasteiger partial charge < -0.3 is 10.1 Å². The molecule has 1 amide bonds. The van der Waals surface area contributed by atoms with Crippen LogP contribution in [0.15, 0.2) is 59.7 Å². The highest BCUT2D eigenvalue weighted by molar-refractivity contribution is 5.79. The Morgan fingerprint density at radius 2 is 2.08 bits per heavy atom. The molecule has 1 aliphatic carbocycles. The third-order valence-corrected chi connectivity index (χ3v) is 6.58. The number of aromatic nitrogens is 2. The van der Waals surface area contributed by atoms with E-state index < -0.39 is 0 Å². The van der Waals surface area contributed by atoms with Gasteiger partial charge in [0.05, 0.1) is 12.3 Å². The predicted octanol–water partition coefficient (Wildman–Crippen LogP) is 6.54. The van der Waals surface area contributed by atoms with E-state index in [0.717, 1.165) is 81.7 Å². The summed E-state index contributed by atoms with van der Waals surface area (Å²) in [6.07, 6.45) is 22.3. The molecule has 1 saturated heterocycles. The lowest BCUT2D eigenvalue weighted by atomic mass is 10.0. The summed E-state index contributed by atoms with van der Waals surface area (Å²) in [4.78, 5) is 14.4. The summed E-state index contributed by atoms with van der Waals surface area (Å²) < 4.78 is 8.08. The summed E-state index contributed by atoms with van der Waals surface area (Å²) in [5, 5.41) is 7.82. The van der Waals surface area contributed by atoms with Crippen molar-refractivity contribution in [1.29, 1.82) is 0 Å². The second-order valence-corrected chi connectivity index (χ2v) is 9.37. The smallest absolute Gasteiger partial charge is 0.224 e. The SMILES string of the molecule is CC.CC/C=C\C=C(/C)n1cc2c(n1)CCN(CCCCOC1=C/C/C=C3/CCC(=O)N\C(=C\1)C3)C2.[HH]. The van der Waals surface area contributed by atoms with Crippen LogP contribution in [-0.2, 0) is 22.5 Å². The Hall–Kier alpha value is -2.86. The molecule has 3 heterocycles. The Balaban J connectivity index is 0.00000157. The number of hydrogen-bond acceptors (Lipinski definition) is 4. The number of hydrogen-bond donors (Lipinski definition) is 1. The van der Waals surface area contributed by atoms with Crippen molar-refractivity contribution >= 4 is 11.6 Å². The molecule has 0 atom stereocenters. The van der Waals surface area contributed by atoms with Crippen LogP contribution in [0.2, 0.25) is 0 Å². The first-order valence-corrected chi connectivity index (χ1v) is 13.8. The van der Waals surface area contributed by atoms with Crippen LogP contribution in [0.3, 0.4) is 0 Å². The Morgan fingerprint density at radius 1 is 1.22 bits per heavy atom. The fraction of sp³-hybridized carbons (Fsp3) is 0.533. The molecule has 1 aromatic heterocycles. The Labute approximate surface area is 219 Å². The molecule has 36 heavy (non-hydrogen) atoms. The number of rotatable bonds is 9. The van der Waals surface area contributed by atoms with Crippen molar-refractivity contribution in [2.45, 2.75) is 85.6 Å². The number of nitrogens with zero attached hydrogens (tertiary/aromatic N) is 3. The molecular formula is C30H46N4O2. The summed E-state index contributed by atoms with van der Waals surface area (Å²) in [7, 11) is 0. The van der Waals surface area contributed by atoms with Crippen LogP contribution >= 0.6 is 0 Å². The molecule has 198 valence electrons. The van der Waals surface area contributed by atoms with Crippen molar-refractivity contribution in [3.63, 3.8) is 0 Å². The molecule has 0 radical (unpaired) electrons. The first-order valence-electron chi connectivity index (χ1n) is 13.8. The monoisotopic (exact) mass is 494 g/mol. The Kier molecular flexibility index (Phi) is 11.3. The number of ether oxygens (including phenoxy) is 1. The third kappa shape index (κ3) is 8.37. The molecule has 0 spiro atoms. The number of allylic oxidation sites excluding steroid dienone is 8. The van der Waals surface area contributed by atoms with Crippen molar-refractivity contribution in [2.75, 3.05) is 19.7 Å². The van der Waals surface area contributed by atoms with Gasteiger partial charge in [0.25, 0.3) is 0 Å². The normalized spacial score (nSPS) is 22.8. The van der Waals surface area contributed by atoms with E-state index in [2.05, 4.69) is 60.6 Å². The molecule has 0 unspecified atom stereocenters. The lowest BCUT2D eigenvalue weighted by Gasteiger charge is -2.25. The highest BCUT2D eigenvalue weighted by atomic mass is 16.5. The number of nitrogens with one attached hydrogen (secondary N) is 1. The molecule has 2 aliphatic heterocycles. The zero-order chi connectivity index (χ0) is 25.8. The van der Waals surface area contributed by atoms with Crippen molar-refractivity contribution in [1.82, 2.24) is 20.0 Å². The van der Waals surface area contributed by atoms with Gasteiger partial charge in [0.2, 0.25) is 5.91 Å². The minimum Gasteiger partial charge on any atom is -0.494 e. The van der Waals surface area contributed by atoms with E-state index in [-0.39, 0.29) is 7.33 Å². The number of fused-ring (bicyclic) bond motifs is 3. The summed E-state index contributed by atoms with van der Waals surface area (Å²) in [5.41, 5.74) is 6.03. The number of carbonyl (C=O) groups excluding carboxylic acids is 1. The van der Waals surface area contributed by atoms with Crippen LogP contribution < -0.4 is 5.32 Å². The maximum atomic E-state index is 11.9. The van der Waals surface area contributed by atoms with Crippen LogP contribution in [-0.4, -0.2) is 40.3 Å². The summed E-state index contributed by atoms with van der Waals surface area (Å²) in [6.45, 7) is 12.1. The molecule has 0 aromatic carbocycles. The quantitative estimate of drug-likeness (QED) is 0.241. The molecule has 4 rings (SSSR count). The van der Waals surface area contributed by atoms with E-state index >= 15 is 0 Å². The van der Waals surface area contributed by atoms with Gasteiger partial charge in [-0.05, 0) is 63.8 Å². The van der Waals surface area contributed by atoms with Crippen LogP contribution in [0.5, 0.6) is 0 Å². The van der Waals surface area contributed by atoms with Crippen LogP contribution in [0.4, 0.5) is 0 Å². The van der Waals surface area contributed by atoms with Crippen LogP contribution in [0.25, 0.3) is 5.70 Å². The highest BCUT2D eigenvalue weighted by Crippen LogP contribution is 2.24. The highest BCUT2D eigenvalue weighted by Gasteiger charge is 2.20. The minimum atomic E-state index is 0. The molecule has 1 aromatic rings. The first kappa shape index (κ1) is 27.7. The van der Waals surface area contributed by atoms with E-state index in [0.29, 0.717) is 13.0 Å². The van der Waals surface area contributed by atoms with Gasteiger partial charge in [0, 0.05) is 56.9 Å². The van der Waals surface area contributed by atoms with E-state index in [9.17, 15) is 4.79 Å². The summed E-state index contributed by atoms with van der Waals surface area (Å²) in [6, 6.07) is 0. The van der Waals surface area contributed by atoms with E-state index in [4.69, 9.17) is 9.84 Å². The lowest BCUT2D eigenvalue weighted by Crippen LogP contribution is -2.31. The Bertz CT molecular complexity index is 1030. The lowest BCUT2D eigenvalue weighted by molar-refractivity contribution is -0.120. The number of carbonyl (C=O) groups is 1. The minimum absolute atomic E-state index is 0. The predicted molar refractivity (Wildman–Crippen MR) is 150 cm³/mol. The average Bonchev–Trinajstić information content (AvgIpc) is 3.20. The Morgan fingerprint density at radius 3 is 2.92 bits per heavy atom. The van der Waals surface area contributed by atoms with Gasteiger partial charge >= 0.3 is 0 Å². The second kappa shape index (κ2) is 14.6. The number of unbranched alkanes of at least 4 members (excludes halogenated alkanes) is 1. The van der Waals surface area contributed by atoms with Crippen LogP contribution in [0.1, 0.15) is 85.3 Å². The zero-order valence-corrected chi connectivity index (χ0v) is 22.7. The van der Waals surface area contributed by atoms with Crippen LogP contribution in [0, 0.1) is 0 Å². The van der Waals surface area contributed by atoms with E-state index in [1.165, 1.54) is 16.8 Å². The largest absolute Gasteiger partial charge is 0.494 e. The molecule has 1 N–H and O–H groups in total. The van der Waals surface area contributed by atoms with Crippen molar-refractivity contribution in [2.24, 2.45) is 0 Å². The molecule has 0 saturated carbocycles. The zero-order valence-electron chi connectivity index (χ0n) is 22.7. The van der Waals surface area contributed by atoms with Gasteiger partial charge in [-0.25, -0.2) is 4.68 Å². The van der Waals surface area contributed by atoms with Gasteiger partial charge in [-0.15, -0.1) is 0 Å². The molecule has 6 nitrogen and oxygen atoms in total. The van der Waals surface area contributed by atoms with E-state index in [1.807, 2.05) is 24.6 Å². The van der Waals surface area contributed by atoms with E-state index in [1.54, 1.807) is 0 Å². The van der Waals surface area contributed by atoms with Gasteiger partial charge in [-0.1, -0.05) is 44.6 Å². The molecule has 3 aliphatic rings. The molecule has 1 fully saturated rings. The molecular weight excluding hydrogens is 448 g/mol. The fourth-order valence-corrected chi connectivity index (χ4v) is 4.62. The average molecular weight is 495 g/mol. The molecule has 2 bridgehead atoms. The third-order valence-electron chi connectivity index (χ3n) is 6.58. The van der Waals surface area contributed by atoms with Gasteiger partial charge in [-0.3, -0.25) is 9.69 Å². The fourth-order valence-electron chi connectivity index (χ4n) is 4.62. The van der Waals surface area contributed by atoms with Gasteiger partial charge in [-0.2, -0.15) is 5.10 Å². The molecule has 6 heteroatoms. The number of amides is 1. The first-order chi connectivity index (χ1) is 17.6. The van der Waals surface area contributed by atoms with Crippen molar-refractivity contribution in [3.05, 3.63) is 70.9 Å². The maximum Gasteiger partial charge on any atom is 0.224 e. The van der Waals surface area contributed by atoms with Crippen molar-refractivity contribution in [3.8, 4) is 0 Å². The topological polar surface area (TPSA) is 59.4 Å². The summed E-state index contributed by atoms with van der Waals surface area (Å²) in [5.74, 6) is 0.977. The summed E-state index contributed by atoms with van der Waals surface area (Å²) >= 11 is 0. The van der Waals surface area contributed by atoms with Gasteiger partial charge in [0.15, 0.2) is 0 Å². The van der Waals surface area contributed by atoms with Gasteiger partial charge in [0.1, 0.15) is 5.76 Å². The maximum absolute atomic E-state index is 11.9. The standard InChI is InChI=1S/C28H38N4O2.C2H6.H2/c1-3-4-5-9-22(2)32-21-24-20-31(16-14-27(24)30-32)15-6-7-17-34-26-11-8-10-23-12-13-28(33)29-25(18-23)19-26;1-2;/h4-5,9-11,19,21H,3,6-8,12-18,20H2,1-2H3,(H,29,33);1-2H3;1H/b5-4-,22-9+,23-10-,25-19+,26-11+;;.